The lowest BCUT2D eigenvalue weighted by molar-refractivity contribution is -0.136. The summed E-state index contributed by atoms with van der Waals surface area (Å²) in [5, 5.41) is 4.56. The molecule has 0 aliphatic carbocycles. The molecular weight excluding hydrogens is 444 g/mol. The number of anilines is 1. The molecule has 4 aromatic rings. The number of nitrogen functional groups attached to an aromatic ring is 1. The largest absolute Gasteiger partial charge is 0.383 e. The molecule has 0 radical (unpaired) electrons. The van der Waals surface area contributed by atoms with Crippen molar-refractivity contribution in [3.05, 3.63) is 70.5 Å². The second-order valence-electron chi connectivity index (χ2n) is 7.79. The maximum atomic E-state index is 12.8. The number of fused-ring (bicyclic) bond motifs is 1. The van der Waals surface area contributed by atoms with Crippen LogP contribution >= 0.6 is 22.9 Å². The molecule has 1 saturated heterocycles. The Bertz CT molecular complexity index is 1280. The standard InChI is InChI=1S/C23H21ClN6OS/c24-17-4-2-16(3-5-17)23-28-18(13-32-23)11-29-7-8-30(21(31)12-29)10-15-1-6-19-20(9-15)26-14-27-22(19)25/h1-6,9,13-14H,7-8,10-12H2,(H2,25,26,27). The molecule has 162 valence electrons. The van der Waals surface area contributed by atoms with Gasteiger partial charge < -0.3 is 10.6 Å². The van der Waals surface area contributed by atoms with Crippen molar-refractivity contribution < 1.29 is 4.79 Å². The third kappa shape index (κ3) is 4.43. The van der Waals surface area contributed by atoms with E-state index in [1.807, 2.05) is 47.4 Å². The van der Waals surface area contributed by atoms with E-state index in [4.69, 9.17) is 22.3 Å². The van der Waals surface area contributed by atoms with Crippen molar-refractivity contribution in [3.63, 3.8) is 0 Å². The molecular formula is C23H21ClN6OS. The predicted molar refractivity (Wildman–Crippen MR) is 127 cm³/mol. The van der Waals surface area contributed by atoms with Crippen LogP contribution in [0.3, 0.4) is 0 Å². The molecule has 32 heavy (non-hydrogen) atoms. The maximum absolute atomic E-state index is 12.8. The van der Waals surface area contributed by atoms with Gasteiger partial charge in [-0.3, -0.25) is 9.69 Å². The van der Waals surface area contributed by atoms with E-state index in [0.29, 0.717) is 37.0 Å². The zero-order valence-corrected chi connectivity index (χ0v) is 18.8. The van der Waals surface area contributed by atoms with E-state index in [9.17, 15) is 4.79 Å². The molecule has 9 heteroatoms. The maximum Gasteiger partial charge on any atom is 0.237 e. The Labute approximate surface area is 194 Å². The number of benzene rings is 2. The molecule has 1 fully saturated rings. The van der Waals surface area contributed by atoms with E-state index >= 15 is 0 Å². The number of halogens is 1. The first-order valence-corrected chi connectivity index (χ1v) is 11.5. The molecule has 2 aromatic heterocycles. The Kier molecular flexibility index (Phi) is 5.73. The molecule has 0 unspecified atom stereocenters. The Balaban J connectivity index is 1.20. The summed E-state index contributed by atoms with van der Waals surface area (Å²) in [4.78, 5) is 29.9. The molecule has 2 N–H and O–H groups in total. The van der Waals surface area contributed by atoms with Crippen LogP contribution in [0.4, 0.5) is 5.82 Å². The van der Waals surface area contributed by atoms with Crippen molar-refractivity contribution in [2.75, 3.05) is 25.4 Å². The van der Waals surface area contributed by atoms with Gasteiger partial charge in [0, 0.05) is 47.5 Å². The van der Waals surface area contributed by atoms with E-state index in [0.717, 1.165) is 39.3 Å². The average Bonchev–Trinajstić information content (AvgIpc) is 3.25. The van der Waals surface area contributed by atoms with E-state index < -0.39 is 0 Å². The van der Waals surface area contributed by atoms with Gasteiger partial charge in [-0.05, 0) is 29.8 Å². The van der Waals surface area contributed by atoms with Gasteiger partial charge in [-0.25, -0.2) is 15.0 Å². The molecule has 3 heterocycles. The summed E-state index contributed by atoms with van der Waals surface area (Å²) < 4.78 is 0. The van der Waals surface area contributed by atoms with E-state index in [2.05, 4.69) is 20.2 Å². The molecule has 0 bridgehead atoms. The summed E-state index contributed by atoms with van der Waals surface area (Å²) in [6.45, 7) is 3.09. The second kappa shape index (κ2) is 8.82. The number of rotatable bonds is 5. The normalized spacial score (nSPS) is 14.9. The number of carbonyl (C=O) groups is 1. The fourth-order valence-electron chi connectivity index (χ4n) is 3.84. The summed E-state index contributed by atoms with van der Waals surface area (Å²) >= 11 is 7.58. The number of thiazole rings is 1. The summed E-state index contributed by atoms with van der Waals surface area (Å²) in [6, 6.07) is 13.6. The minimum Gasteiger partial charge on any atom is -0.383 e. The minimum atomic E-state index is 0.117. The summed E-state index contributed by atoms with van der Waals surface area (Å²) in [7, 11) is 0. The SMILES string of the molecule is Nc1ncnc2cc(CN3CCN(Cc4csc(-c5ccc(Cl)cc5)n4)CC3=O)ccc12. The molecule has 1 aliphatic rings. The molecule has 2 aromatic carbocycles. The Hall–Kier alpha value is -3.07. The summed E-state index contributed by atoms with van der Waals surface area (Å²) in [5.74, 6) is 0.583. The molecule has 5 rings (SSSR count). The van der Waals surface area contributed by atoms with Gasteiger partial charge >= 0.3 is 0 Å². The first-order chi connectivity index (χ1) is 15.5. The van der Waals surface area contributed by atoms with Gasteiger partial charge in [0.1, 0.15) is 17.2 Å². The van der Waals surface area contributed by atoms with Crippen LogP contribution < -0.4 is 5.73 Å². The fraction of sp³-hybridized carbons (Fsp3) is 0.217. The molecule has 0 saturated carbocycles. The highest BCUT2D eigenvalue weighted by Gasteiger charge is 2.24. The van der Waals surface area contributed by atoms with Crippen LogP contribution in [0.5, 0.6) is 0 Å². The monoisotopic (exact) mass is 464 g/mol. The summed E-state index contributed by atoms with van der Waals surface area (Å²) in [6.07, 6.45) is 1.46. The number of hydrogen-bond acceptors (Lipinski definition) is 7. The van der Waals surface area contributed by atoms with Crippen LogP contribution in [0.25, 0.3) is 21.5 Å². The third-order valence-corrected chi connectivity index (χ3v) is 6.72. The number of nitrogens with two attached hydrogens (primary N) is 1. The van der Waals surface area contributed by atoms with E-state index in [1.165, 1.54) is 6.33 Å². The van der Waals surface area contributed by atoms with Crippen molar-refractivity contribution in [2.45, 2.75) is 13.1 Å². The molecule has 7 nitrogen and oxygen atoms in total. The van der Waals surface area contributed by atoms with Gasteiger partial charge in [-0.15, -0.1) is 11.3 Å². The van der Waals surface area contributed by atoms with E-state index in [1.54, 1.807) is 11.3 Å². The molecule has 1 amide bonds. The fourth-order valence-corrected chi connectivity index (χ4v) is 4.78. The number of carbonyl (C=O) groups excluding carboxylic acids is 1. The van der Waals surface area contributed by atoms with Crippen molar-refractivity contribution in [1.29, 1.82) is 0 Å². The van der Waals surface area contributed by atoms with Crippen molar-refractivity contribution in [3.8, 4) is 10.6 Å². The van der Waals surface area contributed by atoms with Crippen LogP contribution in [0.2, 0.25) is 5.02 Å². The number of aromatic nitrogens is 3. The zero-order chi connectivity index (χ0) is 22.1. The number of amides is 1. The Morgan fingerprint density at radius 1 is 1.06 bits per heavy atom. The first-order valence-electron chi connectivity index (χ1n) is 10.2. The lowest BCUT2D eigenvalue weighted by Gasteiger charge is -2.34. The molecule has 0 atom stereocenters. The lowest BCUT2D eigenvalue weighted by Crippen LogP contribution is -2.49. The first kappa shape index (κ1) is 20.8. The van der Waals surface area contributed by atoms with E-state index in [-0.39, 0.29) is 5.91 Å². The topological polar surface area (TPSA) is 88.2 Å². The second-order valence-corrected chi connectivity index (χ2v) is 9.08. The van der Waals surface area contributed by atoms with Crippen LogP contribution in [-0.2, 0) is 17.9 Å². The number of piperazine rings is 1. The molecule has 0 spiro atoms. The van der Waals surface area contributed by atoms with Crippen LogP contribution in [-0.4, -0.2) is 50.3 Å². The highest BCUT2D eigenvalue weighted by molar-refractivity contribution is 7.13. The van der Waals surface area contributed by atoms with Gasteiger partial charge in [0.2, 0.25) is 5.91 Å². The Morgan fingerprint density at radius 2 is 1.91 bits per heavy atom. The highest BCUT2D eigenvalue weighted by atomic mass is 35.5. The van der Waals surface area contributed by atoms with Crippen LogP contribution in [0.15, 0.2) is 54.2 Å². The summed E-state index contributed by atoms with van der Waals surface area (Å²) in [5.41, 5.74) is 9.76. The van der Waals surface area contributed by atoms with Gasteiger partial charge in [-0.1, -0.05) is 29.8 Å². The van der Waals surface area contributed by atoms with Crippen LogP contribution in [0, 0.1) is 0 Å². The number of hydrogen-bond donors (Lipinski definition) is 1. The van der Waals surface area contributed by atoms with Crippen molar-refractivity contribution in [1.82, 2.24) is 24.8 Å². The predicted octanol–water partition coefficient (Wildman–Crippen LogP) is 3.83. The minimum absolute atomic E-state index is 0.117. The highest BCUT2D eigenvalue weighted by Crippen LogP contribution is 2.26. The van der Waals surface area contributed by atoms with Gasteiger partial charge in [0.05, 0.1) is 17.8 Å². The van der Waals surface area contributed by atoms with Gasteiger partial charge in [-0.2, -0.15) is 0 Å². The quantitative estimate of drug-likeness (QED) is 0.483. The molecule has 1 aliphatic heterocycles. The van der Waals surface area contributed by atoms with Crippen molar-refractivity contribution in [2.24, 2.45) is 0 Å². The smallest absolute Gasteiger partial charge is 0.237 e. The van der Waals surface area contributed by atoms with Crippen LogP contribution in [0.1, 0.15) is 11.3 Å². The zero-order valence-electron chi connectivity index (χ0n) is 17.2. The van der Waals surface area contributed by atoms with Gasteiger partial charge in [0.15, 0.2) is 0 Å². The Morgan fingerprint density at radius 3 is 2.72 bits per heavy atom. The van der Waals surface area contributed by atoms with Gasteiger partial charge in [0.25, 0.3) is 0 Å². The lowest BCUT2D eigenvalue weighted by atomic mass is 10.1. The van der Waals surface area contributed by atoms with Crippen molar-refractivity contribution >= 4 is 45.6 Å². The number of nitrogens with zero attached hydrogens (tertiary/aromatic N) is 5. The average molecular weight is 465 g/mol. The third-order valence-electron chi connectivity index (χ3n) is 5.53.